The van der Waals surface area contributed by atoms with Gasteiger partial charge in [-0.2, -0.15) is 0 Å². The second kappa shape index (κ2) is 8.33. The van der Waals surface area contributed by atoms with Gasteiger partial charge in [-0.05, 0) is 60.7 Å². The summed E-state index contributed by atoms with van der Waals surface area (Å²) in [5.41, 5.74) is 2.23. The summed E-state index contributed by atoms with van der Waals surface area (Å²) in [6.45, 7) is 0. The Hall–Kier alpha value is -3.38. The van der Waals surface area contributed by atoms with Crippen LogP contribution in [0.25, 0.3) is 0 Å². The van der Waals surface area contributed by atoms with Crippen molar-refractivity contribution in [1.82, 2.24) is 4.98 Å². The van der Waals surface area contributed by atoms with Crippen LogP contribution in [0, 0.1) is 0 Å². The maximum absolute atomic E-state index is 12.3. The van der Waals surface area contributed by atoms with Gasteiger partial charge in [-0.3, -0.25) is 4.79 Å². The number of amides is 1. The fourth-order valence-electron chi connectivity index (χ4n) is 2.29. The Labute approximate surface area is 161 Å². The maximum Gasteiger partial charge on any atom is 0.337 e. The Morgan fingerprint density at radius 1 is 0.889 bits per heavy atom. The van der Waals surface area contributed by atoms with E-state index in [9.17, 15) is 9.59 Å². The average Bonchev–Trinajstić information content (AvgIpc) is 2.70. The lowest BCUT2D eigenvalue weighted by molar-refractivity contribution is 0.0600. The Morgan fingerprint density at radius 3 is 2.11 bits per heavy atom. The summed E-state index contributed by atoms with van der Waals surface area (Å²) in [6, 6.07) is 17.0. The summed E-state index contributed by atoms with van der Waals surface area (Å²) >= 11 is 5.86. The molecule has 27 heavy (non-hydrogen) atoms. The normalized spacial score (nSPS) is 10.1. The van der Waals surface area contributed by atoms with Gasteiger partial charge < -0.3 is 15.4 Å². The molecule has 3 rings (SSSR count). The van der Waals surface area contributed by atoms with Crippen molar-refractivity contribution in [2.45, 2.75) is 0 Å². The predicted octanol–water partition coefficient (Wildman–Crippen LogP) is 4.52. The molecule has 0 aliphatic carbocycles. The topological polar surface area (TPSA) is 80.3 Å². The molecule has 3 aromatic rings. The van der Waals surface area contributed by atoms with Crippen molar-refractivity contribution in [3.63, 3.8) is 0 Å². The lowest BCUT2D eigenvalue weighted by Crippen LogP contribution is -2.12. The smallest absolute Gasteiger partial charge is 0.337 e. The lowest BCUT2D eigenvalue weighted by atomic mass is 10.2. The van der Waals surface area contributed by atoms with Crippen LogP contribution in [0.15, 0.2) is 66.9 Å². The third-order valence-corrected chi connectivity index (χ3v) is 3.96. The number of hydrogen-bond acceptors (Lipinski definition) is 5. The van der Waals surface area contributed by atoms with E-state index in [0.717, 1.165) is 5.69 Å². The minimum atomic E-state index is -0.430. The average molecular weight is 382 g/mol. The molecule has 0 atom stereocenters. The van der Waals surface area contributed by atoms with Crippen molar-refractivity contribution < 1.29 is 14.3 Å². The van der Waals surface area contributed by atoms with E-state index in [1.807, 2.05) is 12.1 Å². The van der Waals surface area contributed by atoms with E-state index < -0.39 is 5.97 Å². The summed E-state index contributed by atoms with van der Waals surface area (Å²) in [4.78, 5) is 28.0. The summed E-state index contributed by atoms with van der Waals surface area (Å²) in [5, 5.41) is 6.53. The van der Waals surface area contributed by atoms with Crippen LogP contribution in [-0.4, -0.2) is 24.0 Å². The van der Waals surface area contributed by atoms with Gasteiger partial charge in [0.2, 0.25) is 0 Å². The van der Waals surface area contributed by atoms with Crippen LogP contribution in [0.4, 0.5) is 17.2 Å². The largest absolute Gasteiger partial charge is 0.465 e. The van der Waals surface area contributed by atoms with Gasteiger partial charge in [0.15, 0.2) is 0 Å². The van der Waals surface area contributed by atoms with Crippen LogP contribution < -0.4 is 10.6 Å². The summed E-state index contributed by atoms with van der Waals surface area (Å²) in [6.07, 6.45) is 1.48. The molecule has 7 heteroatoms. The summed E-state index contributed by atoms with van der Waals surface area (Å²) in [5.74, 6) is -0.122. The van der Waals surface area contributed by atoms with E-state index in [0.29, 0.717) is 27.7 Å². The molecule has 1 amide bonds. The third-order valence-electron chi connectivity index (χ3n) is 3.71. The first-order chi connectivity index (χ1) is 13.0. The zero-order chi connectivity index (χ0) is 19.2. The fourth-order valence-corrected chi connectivity index (χ4v) is 2.42. The van der Waals surface area contributed by atoms with Crippen LogP contribution >= 0.6 is 11.6 Å². The SMILES string of the molecule is COC(=O)c1ccc(NC(=O)c2ccc(Nc3ccc(Cl)cc3)nc2)cc1. The Balaban J connectivity index is 1.63. The van der Waals surface area contributed by atoms with Crippen molar-refractivity contribution in [3.8, 4) is 0 Å². The number of carbonyl (C=O) groups excluding carboxylic acids is 2. The van der Waals surface area contributed by atoms with Crippen molar-refractivity contribution in [2.75, 3.05) is 17.7 Å². The first-order valence-electron chi connectivity index (χ1n) is 8.03. The highest BCUT2D eigenvalue weighted by Gasteiger charge is 2.09. The zero-order valence-corrected chi connectivity index (χ0v) is 15.2. The van der Waals surface area contributed by atoms with Crippen LogP contribution in [0.2, 0.25) is 5.02 Å². The summed E-state index contributed by atoms with van der Waals surface area (Å²) < 4.78 is 4.64. The molecule has 1 aromatic heterocycles. The number of carbonyl (C=O) groups is 2. The number of ether oxygens (including phenoxy) is 1. The molecule has 1 heterocycles. The lowest BCUT2D eigenvalue weighted by Gasteiger charge is -2.08. The molecule has 0 fully saturated rings. The number of hydrogen-bond donors (Lipinski definition) is 2. The predicted molar refractivity (Wildman–Crippen MR) is 105 cm³/mol. The quantitative estimate of drug-likeness (QED) is 0.635. The molecule has 0 radical (unpaired) electrons. The van der Waals surface area contributed by atoms with E-state index in [4.69, 9.17) is 11.6 Å². The van der Waals surface area contributed by atoms with Crippen LogP contribution in [-0.2, 0) is 4.74 Å². The molecule has 0 saturated carbocycles. The number of halogens is 1. The number of nitrogens with zero attached hydrogens (tertiary/aromatic N) is 1. The minimum absolute atomic E-state index is 0.300. The minimum Gasteiger partial charge on any atom is -0.465 e. The highest BCUT2D eigenvalue weighted by atomic mass is 35.5. The second-order valence-corrected chi connectivity index (χ2v) is 6.02. The number of aromatic nitrogens is 1. The molecule has 0 aliphatic heterocycles. The van der Waals surface area contributed by atoms with E-state index in [1.165, 1.54) is 13.3 Å². The van der Waals surface area contributed by atoms with Gasteiger partial charge in [0.05, 0.1) is 18.2 Å². The number of esters is 1. The number of rotatable bonds is 5. The van der Waals surface area contributed by atoms with Gasteiger partial charge in [-0.25, -0.2) is 9.78 Å². The van der Waals surface area contributed by atoms with Gasteiger partial charge in [0.1, 0.15) is 5.82 Å². The number of anilines is 3. The molecule has 6 nitrogen and oxygen atoms in total. The van der Waals surface area contributed by atoms with Crippen LogP contribution in [0.5, 0.6) is 0 Å². The van der Waals surface area contributed by atoms with Crippen molar-refractivity contribution in [3.05, 3.63) is 83.0 Å². The van der Waals surface area contributed by atoms with Gasteiger partial charge in [-0.1, -0.05) is 11.6 Å². The van der Waals surface area contributed by atoms with Crippen LogP contribution in [0.1, 0.15) is 20.7 Å². The molecule has 0 spiro atoms. The molecular weight excluding hydrogens is 366 g/mol. The molecule has 0 saturated heterocycles. The fraction of sp³-hybridized carbons (Fsp3) is 0.0500. The van der Waals surface area contributed by atoms with Crippen LogP contribution in [0.3, 0.4) is 0 Å². The molecule has 136 valence electrons. The molecular formula is C20H16ClN3O3. The second-order valence-electron chi connectivity index (χ2n) is 5.59. The van der Waals surface area contributed by atoms with Gasteiger partial charge in [-0.15, -0.1) is 0 Å². The Morgan fingerprint density at radius 2 is 1.52 bits per heavy atom. The highest BCUT2D eigenvalue weighted by molar-refractivity contribution is 6.30. The van der Waals surface area contributed by atoms with Gasteiger partial charge in [0, 0.05) is 22.6 Å². The third kappa shape index (κ3) is 4.83. The molecule has 0 unspecified atom stereocenters. The standard InChI is InChI=1S/C20H16ClN3O3/c1-27-20(26)13-2-7-17(8-3-13)24-19(25)14-4-11-18(22-12-14)23-16-9-5-15(21)6-10-16/h2-12H,1H3,(H,22,23)(H,24,25). The van der Waals surface area contributed by atoms with Gasteiger partial charge in [0.25, 0.3) is 5.91 Å². The molecule has 2 aromatic carbocycles. The Bertz CT molecular complexity index is 940. The van der Waals surface area contributed by atoms with E-state index in [1.54, 1.807) is 48.5 Å². The van der Waals surface area contributed by atoms with Crippen molar-refractivity contribution >= 4 is 40.7 Å². The Kier molecular flexibility index (Phi) is 5.68. The number of benzene rings is 2. The van der Waals surface area contributed by atoms with Crippen molar-refractivity contribution in [2.24, 2.45) is 0 Å². The zero-order valence-electron chi connectivity index (χ0n) is 14.4. The number of pyridine rings is 1. The van der Waals surface area contributed by atoms with E-state index in [-0.39, 0.29) is 5.91 Å². The number of nitrogens with one attached hydrogen (secondary N) is 2. The van der Waals surface area contributed by atoms with Crippen molar-refractivity contribution in [1.29, 1.82) is 0 Å². The summed E-state index contributed by atoms with van der Waals surface area (Å²) in [7, 11) is 1.32. The molecule has 2 N–H and O–H groups in total. The van der Waals surface area contributed by atoms with Gasteiger partial charge >= 0.3 is 5.97 Å². The maximum atomic E-state index is 12.3. The number of methoxy groups -OCH3 is 1. The highest BCUT2D eigenvalue weighted by Crippen LogP contribution is 2.18. The first kappa shape index (κ1) is 18.4. The molecule has 0 bridgehead atoms. The van der Waals surface area contributed by atoms with E-state index >= 15 is 0 Å². The monoisotopic (exact) mass is 381 g/mol. The molecule has 0 aliphatic rings. The first-order valence-corrected chi connectivity index (χ1v) is 8.41. The van der Waals surface area contributed by atoms with E-state index in [2.05, 4.69) is 20.4 Å².